The first kappa shape index (κ1) is 11.1. The molecule has 1 aliphatic rings. The van der Waals surface area contributed by atoms with Gasteiger partial charge in [0.15, 0.2) is 0 Å². The first-order valence-electron chi connectivity index (χ1n) is 5.83. The Bertz CT molecular complexity index is 385. The normalized spacial score (nSPS) is 16.6. The van der Waals surface area contributed by atoms with E-state index in [4.69, 9.17) is 5.84 Å². The van der Waals surface area contributed by atoms with Gasteiger partial charge in [0.05, 0.1) is 12.0 Å². The van der Waals surface area contributed by atoms with Gasteiger partial charge in [-0.25, -0.2) is 10.8 Å². The molecule has 0 saturated carbocycles. The topological polar surface area (TPSA) is 72.9 Å². The lowest BCUT2D eigenvalue weighted by molar-refractivity contribution is -0.124. The first-order valence-corrected chi connectivity index (χ1v) is 5.83. The fourth-order valence-electron chi connectivity index (χ4n) is 2.37. The van der Waals surface area contributed by atoms with Crippen LogP contribution in [0.25, 0.3) is 0 Å². The van der Waals surface area contributed by atoms with Crippen molar-refractivity contribution in [3.05, 3.63) is 17.7 Å². The number of carbonyl (C=O) groups excluding carboxylic acids is 1. The molecule has 0 radical (unpaired) electrons. The van der Waals surface area contributed by atoms with Crippen LogP contribution in [0.5, 0.6) is 0 Å². The molecule has 88 valence electrons. The average Bonchev–Trinajstić information content (AvgIpc) is 2.74. The monoisotopic (exact) mass is 222 g/mol. The van der Waals surface area contributed by atoms with Crippen molar-refractivity contribution in [2.45, 2.75) is 45.1 Å². The number of nitrogens with zero attached hydrogens (tertiary/aromatic N) is 2. The molecule has 0 aliphatic heterocycles. The number of imidazole rings is 1. The Morgan fingerprint density at radius 2 is 2.38 bits per heavy atom. The number of nitrogens with one attached hydrogen (secondary N) is 1. The van der Waals surface area contributed by atoms with Crippen LogP contribution in [0, 0.1) is 0 Å². The SMILES string of the molecule is CCC(C(=O)NN)n1cnc2c1CCCC2. The molecular formula is C11H18N4O. The molecule has 0 bridgehead atoms. The van der Waals surface area contributed by atoms with Crippen molar-refractivity contribution in [3.8, 4) is 0 Å². The Morgan fingerprint density at radius 1 is 1.62 bits per heavy atom. The van der Waals surface area contributed by atoms with Crippen molar-refractivity contribution in [2.24, 2.45) is 5.84 Å². The molecule has 2 rings (SSSR count). The Kier molecular flexibility index (Phi) is 3.24. The molecule has 3 N–H and O–H groups in total. The number of aryl methyl sites for hydroxylation is 1. The van der Waals surface area contributed by atoms with Crippen LogP contribution in [0.1, 0.15) is 43.6 Å². The van der Waals surface area contributed by atoms with Crippen molar-refractivity contribution in [2.75, 3.05) is 0 Å². The van der Waals surface area contributed by atoms with Crippen molar-refractivity contribution in [3.63, 3.8) is 0 Å². The summed E-state index contributed by atoms with van der Waals surface area (Å²) in [5, 5.41) is 0. The minimum Gasteiger partial charge on any atom is -0.322 e. The maximum Gasteiger partial charge on any atom is 0.256 e. The second-order valence-electron chi connectivity index (χ2n) is 4.18. The number of hydrogen-bond donors (Lipinski definition) is 2. The van der Waals surface area contributed by atoms with E-state index < -0.39 is 0 Å². The van der Waals surface area contributed by atoms with Gasteiger partial charge in [0.2, 0.25) is 0 Å². The molecule has 0 saturated heterocycles. The van der Waals surface area contributed by atoms with E-state index in [-0.39, 0.29) is 11.9 Å². The number of hydrogen-bond acceptors (Lipinski definition) is 3. The predicted molar refractivity (Wildman–Crippen MR) is 60.5 cm³/mol. The lowest BCUT2D eigenvalue weighted by atomic mass is 10.0. The summed E-state index contributed by atoms with van der Waals surface area (Å²) in [6.45, 7) is 1.98. The zero-order valence-electron chi connectivity index (χ0n) is 9.57. The zero-order valence-corrected chi connectivity index (χ0v) is 9.57. The fraction of sp³-hybridized carbons (Fsp3) is 0.636. The summed E-state index contributed by atoms with van der Waals surface area (Å²) in [5.74, 6) is 5.05. The van der Waals surface area contributed by atoms with Crippen LogP contribution < -0.4 is 11.3 Å². The average molecular weight is 222 g/mol. The maximum atomic E-state index is 11.6. The van der Waals surface area contributed by atoms with Crippen molar-refractivity contribution in [1.82, 2.24) is 15.0 Å². The first-order chi connectivity index (χ1) is 7.77. The lowest BCUT2D eigenvalue weighted by Gasteiger charge is -2.20. The molecule has 5 nitrogen and oxygen atoms in total. The standard InChI is InChI=1S/C11H18N4O/c1-2-9(11(16)14-12)15-7-13-8-5-3-4-6-10(8)15/h7,9H,2-6,12H2,1H3,(H,14,16). The van der Waals surface area contributed by atoms with Crippen LogP contribution in [0.2, 0.25) is 0 Å². The highest BCUT2D eigenvalue weighted by Gasteiger charge is 2.23. The Hall–Kier alpha value is -1.36. The minimum absolute atomic E-state index is 0.145. The molecule has 16 heavy (non-hydrogen) atoms. The molecular weight excluding hydrogens is 204 g/mol. The summed E-state index contributed by atoms with van der Waals surface area (Å²) >= 11 is 0. The summed E-state index contributed by atoms with van der Waals surface area (Å²) in [6, 6.07) is -0.223. The third kappa shape index (κ3) is 1.82. The molecule has 1 aromatic heterocycles. The number of aromatic nitrogens is 2. The van der Waals surface area contributed by atoms with E-state index in [0.29, 0.717) is 0 Å². The number of nitrogens with two attached hydrogens (primary N) is 1. The fourth-order valence-corrected chi connectivity index (χ4v) is 2.37. The second kappa shape index (κ2) is 4.65. The number of amides is 1. The molecule has 1 aliphatic carbocycles. The molecule has 0 fully saturated rings. The van der Waals surface area contributed by atoms with Crippen LogP contribution in [0.15, 0.2) is 6.33 Å². The number of rotatable bonds is 3. The van der Waals surface area contributed by atoms with Gasteiger partial charge in [-0.1, -0.05) is 6.92 Å². The van der Waals surface area contributed by atoms with Gasteiger partial charge in [-0.15, -0.1) is 0 Å². The summed E-state index contributed by atoms with van der Waals surface area (Å²) in [4.78, 5) is 16.0. The van der Waals surface area contributed by atoms with E-state index in [9.17, 15) is 4.79 Å². The van der Waals surface area contributed by atoms with Gasteiger partial charge < -0.3 is 4.57 Å². The van der Waals surface area contributed by atoms with Crippen LogP contribution in [-0.2, 0) is 17.6 Å². The molecule has 1 atom stereocenters. The summed E-state index contributed by atoms with van der Waals surface area (Å²) in [7, 11) is 0. The highest BCUT2D eigenvalue weighted by atomic mass is 16.2. The number of fused-ring (bicyclic) bond motifs is 1. The maximum absolute atomic E-state index is 11.6. The molecule has 0 aromatic carbocycles. The second-order valence-corrected chi connectivity index (χ2v) is 4.18. The van der Waals surface area contributed by atoms with E-state index in [2.05, 4.69) is 10.4 Å². The molecule has 1 unspecified atom stereocenters. The van der Waals surface area contributed by atoms with Gasteiger partial charge in [-0.3, -0.25) is 10.2 Å². The number of hydrazine groups is 1. The zero-order chi connectivity index (χ0) is 11.5. The van der Waals surface area contributed by atoms with Crippen molar-refractivity contribution >= 4 is 5.91 Å². The molecule has 1 amide bonds. The number of carbonyl (C=O) groups is 1. The van der Waals surface area contributed by atoms with Gasteiger partial charge in [-0.05, 0) is 32.1 Å². The van der Waals surface area contributed by atoms with E-state index in [1.807, 2.05) is 11.5 Å². The van der Waals surface area contributed by atoms with E-state index in [1.54, 1.807) is 6.33 Å². The molecule has 0 spiro atoms. The smallest absolute Gasteiger partial charge is 0.256 e. The van der Waals surface area contributed by atoms with Gasteiger partial charge in [0.25, 0.3) is 5.91 Å². The van der Waals surface area contributed by atoms with Crippen molar-refractivity contribution < 1.29 is 4.79 Å². The van der Waals surface area contributed by atoms with Gasteiger partial charge in [0.1, 0.15) is 6.04 Å². The van der Waals surface area contributed by atoms with Gasteiger partial charge in [0, 0.05) is 5.69 Å². The largest absolute Gasteiger partial charge is 0.322 e. The third-order valence-corrected chi connectivity index (χ3v) is 3.23. The Morgan fingerprint density at radius 3 is 3.06 bits per heavy atom. The Balaban J connectivity index is 2.31. The summed E-state index contributed by atoms with van der Waals surface area (Å²) in [6.07, 6.45) is 6.93. The van der Waals surface area contributed by atoms with Crippen LogP contribution in [0.4, 0.5) is 0 Å². The van der Waals surface area contributed by atoms with Crippen LogP contribution >= 0.6 is 0 Å². The highest BCUT2D eigenvalue weighted by molar-refractivity contribution is 5.79. The van der Waals surface area contributed by atoms with Crippen LogP contribution in [-0.4, -0.2) is 15.5 Å². The Labute approximate surface area is 95.0 Å². The highest BCUT2D eigenvalue weighted by Crippen LogP contribution is 2.24. The van der Waals surface area contributed by atoms with Gasteiger partial charge >= 0.3 is 0 Å². The van der Waals surface area contributed by atoms with Crippen LogP contribution in [0.3, 0.4) is 0 Å². The van der Waals surface area contributed by atoms with E-state index in [0.717, 1.165) is 25.0 Å². The summed E-state index contributed by atoms with van der Waals surface area (Å²) in [5.41, 5.74) is 4.58. The van der Waals surface area contributed by atoms with Crippen molar-refractivity contribution in [1.29, 1.82) is 0 Å². The third-order valence-electron chi connectivity index (χ3n) is 3.23. The molecule has 5 heteroatoms. The molecule has 1 heterocycles. The van der Waals surface area contributed by atoms with E-state index >= 15 is 0 Å². The molecule has 1 aromatic rings. The van der Waals surface area contributed by atoms with Gasteiger partial charge in [-0.2, -0.15) is 0 Å². The predicted octanol–water partition coefficient (Wildman–Crippen LogP) is 0.703. The minimum atomic E-state index is -0.223. The lowest BCUT2D eigenvalue weighted by Crippen LogP contribution is -2.37. The van der Waals surface area contributed by atoms with E-state index in [1.165, 1.54) is 18.5 Å². The quantitative estimate of drug-likeness (QED) is 0.449. The summed E-state index contributed by atoms with van der Waals surface area (Å²) < 4.78 is 1.98.